The van der Waals surface area contributed by atoms with E-state index < -0.39 is 0 Å². The minimum absolute atomic E-state index is 0.216. The second-order valence-corrected chi connectivity index (χ2v) is 4.76. The number of terminal acetylenes is 1. The topological polar surface area (TPSA) is 32.3 Å². The van der Waals surface area contributed by atoms with Gasteiger partial charge in [0, 0.05) is 13.1 Å². The number of nitrogens with one attached hydrogen (secondary N) is 1. The van der Waals surface area contributed by atoms with Crippen molar-refractivity contribution >= 4 is 5.91 Å². The molecule has 1 amide bonds. The van der Waals surface area contributed by atoms with Crippen LogP contribution in [-0.4, -0.2) is 37.0 Å². The van der Waals surface area contributed by atoms with Crippen LogP contribution in [0.3, 0.4) is 0 Å². The fourth-order valence-electron chi connectivity index (χ4n) is 2.39. The molecule has 1 unspecified atom stereocenters. The lowest BCUT2D eigenvalue weighted by molar-refractivity contribution is -0.142. The van der Waals surface area contributed by atoms with Gasteiger partial charge < -0.3 is 10.2 Å². The number of hydrogen-bond acceptors (Lipinski definition) is 2. The third kappa shape index (κ3) is 2.22. The SMILES string of the molecule is C#CCN(CC)C(=O)C1(C(C)C)CCNC1. The van der Waals surface area contributed by atoms with Crippen LogP contribution in [0.1, 0.15) is 27.2 Å². The first-order valence-electron chi connectivity index (χ1n) is 6.02. The first kappa shape index (κ1) is 13.1. The number of hydrogen-bond donors (Lipinski definition) is 1. The quantitative estimate of drug-likeness (QED) is 0.723. The van der Waals surface area contributed by atoms with Gasteiger partial charge in [-0.25, -0.2) is 0 Å². The van der Waals surface area contributed by atoms with Crippen LogP contribution in [0.4, 0.5) is 0 Å². The van der Waals surface area contributed by atoms with Crippen LogP contribution >= 0.6 is 0 Å². The van der Waals surface area contributed by atoms with Gasteiger partial charge in [0.2, 0.25) is 5.91 Å². The number of rotatable bonds is 4. The predicted molar refractivity (Wildman–Crippen MR) is 65.8 cm³/mol. The molecule has 0 aromatic heterocycles. The standard InChI is InChI=1S/C13H22N2O/c1-5-9-15(6-2)12(16)13(11(3)4)7-8-14-10-13/h1,11,14H,6-10H2,2-4H3. The molecule has 3 heteroatoms. The van der Waals surface area contributed by atoms with Crippen molar-refractivity contribution in [1.29, 1.82) is 0 Å². The van der Waals surface area contributed by atoms with E-state index in [0.717, 1.165) is 19.5 Å². The maximum absolute atomic E-state index is 12.5. The number of nitrogens with zero attached hydrogens (tertiary/aromatic N) is 1. The van der Waals surface area contributed by atoms with Crippen LogP contribution in [-0.2, 0) is 4.79 Å². The van der Waals surface area contributed by atoms with E-state index in [9.17, 15) is 4.79 Å². The monoisotopic (exact) mass is 222 g/mol. The number of carbonyl (C=O) groups excluding carboxylic acids is 1. The largest absolute Gasteiger partial charge is 0.331 e. The normalized spacial score (nSPS) is 24.4. The number of amides is 1. The molecule has 3 nitrogen and oxygen atoms in total. The molecular weight excluding hydrogens is 200 g/mol. The van der Waals surface area contributed by atoms with E-state index in [1.807, 2.05) is 6.92 Å². The molecule has 1 fully saturated rings. The molecule has 1 aliphatic heterocycles. The lowest BCUT2D eigenvalue weighted by Crippen LogP contribution is -2.48. The summed E-state index contributed by atoms with van der Waals surface area (Å²) in [6.07, 6.45) is 6.22. The highest BCUT2D eigenvalue weighted by Crippen LogP contribution is 2.36. The van der Waals surface area contributed by atoms with Crippen LogP contribution in [0.15, 0.2) is 0 Å². The molecule has 0 aromatic carbocycles. The molecule has 16 heavy (non-hydrogen) atoms. The highest BCUT2D eigenvalue weighted by molar-refractivity contribution is 5.84. The first-order chi connectivity index (χ1) is 7.58. The van der Waals surface area contributed by atoms with E-state index in [1.54, 1.807) is 4.90 Å². The lowest BCUT2D eigenvalue weighted by Gasteiger charge is -2.35. The van der Waals surface area contributed by atoms with Gasteiger partial charge in [0.25, 0.3) is 0 Å². The molecule has 1 saturated heterocycles. The Morgan fingerprint density at radius 2 is 2.31 bits per heavy atom. The molecule has 0 saturated carbocycles. The van der Waals surface area contributed by atoms with Crippen molar-refractivity contribution in [2.75, 3.05) is 26.2 Å². The maximum atomic E-state index is 12.5. The van der Waals surface area contributed by atoms with E-state index in [4.69, 9.17) is 6.42 Å². The van der Waals surface area contributed by atoms with Crippen LogP contribution in [0.25, 0.3) is 0 Å². The highest BCUT2D eigenvalue weighted by atomic mass is 16.2. The fourth-order valence-corrected chi connectivity index (χ4v) is 2.39. The summed E-state index contributed by atoms with van der Waals surface area (Å²) in [6.45, 7) is 9.04. The van der Waals surface area contributed by atoms with E-state index in [-0.39, 0.29) is 11.3 Å². The van der Waals surface area contributed by atoms with Crippen molar-refractivity contribution in [2.24, 2.45) is 11.3 Å². The predicted octanol–water partition coefficient (Wildman–Crippen LogP) is 1.10. The third-order valence-corrected chi connectivity index (χ3v) is 3.67. The molecule has 0 radical (unpaired) electrons. The molecule has 1 rings (SSSR count). The molecule has 1 atom stereocenters. The van der Waals surface area contributed by atoms with Crippen molar-refractivity contribution in [3.05, 3.63) is 0 Å². The van der Waals surface area contributed by atoms with Gasteiger partial charge in [-0.3, -0.25) is 4.79 Å². The van der Waals surface area contributed by atoms with Gasteiger partial charge in [-0.15, -0.1) is 6.42 Å². The van der Waals surface area contributed by atoms with Crippen LogP contribution in [0, 0.1) is 23.7 Å². The summed E-state index contributed by atoms with van der Waals surface area (Å²) in [5, 5.41) is 3.30. The minimum Gasteiger partial charge on any atom is -0.331 e. The molecule has 1 N–H and O–H groups in total. The van der Waals surface area contributed by atoms with Gasteiger partial charge in [-0.05, 0) is 25.8 Å². The third-order valence-electron chi connectivity index (χ3n) is 3.67. The van der Waals surface area contributed by atoms with Crippen molar-refractivity contribution in [3.63, 3.8) is 0 Å². The Kier molecular flexibility index (Phi) is 4.37. The Balaban J connectivity index is 2.87. The van der Waals surface area contributed by atoms with Crippen molar-refractivity contribution in [1.82, 2.24) is 10.2 Å². The van der Waals surface area contributed by atoms with E-state index in [2.05, 4.69) is 25.1 Å². The summed E-state index contributed by atoms with van der Waals surface area (Å²) in [7, 11) is 0. The van der Waals surface area contributed by atoms with Crippen LogP contribution in [0.5, 0.6) is 0 Å². The van der Waals surface area contributed by atoms with E-state index in [1.165, 1.54) is 0 Å². The molecule has 0 aromatic rings. The van der Waals surface area contributed by atoms with Gasteiger partial charge in [0.1, 0.15) is 0 Å². The zero-order valence-electron chi connectivity index (χ0n) is 10.5. The summed E-state index contributed by atoms with van der Waals surface area (Å²) >= 11 is 0. The lowest BCUT2D eigenvalue weighted by atomic mass is 9.75. The fraction of sp³-hybridized carbons (Fsp3) is 0.769. The Hall–Kier alpha value is -1.01. The smallest absolute Gasteiger partial charge is 0.231 e. The molecule has 0 spiro atoms. The summed E-state index contributed by atoms with van der Waals surface area (Å²) in [6, 6.07) is 0. The second-order valence-electron chi connectivity index (χ2n) is 4.76. The zero-order chi connectivity index (χ0) is 12.2. The average Bonchev–Trinajstić information content (AvgIpc) is 2.75. The minimum atomic E-state index is -0.243. The first-order valence-corrected chi connectivity index (χ1v) is 6.02. The average molecular weight is 222 g/mol. The van der Waals surface area contributed by atoms with E-state index in [0.29, 0.717) is 19.0 Å². The second kappa shape index (κ2) is 5.36. The molecule has 0 aliphatic carbocycles. The van der Waals surface area contributed by atoms with Gasteiger partial charge in [-0.2, -0.15) is 0 Å². The molecule has 1 heterocycles. The summed E-state index contributed by atoms with van der Waals surface area (Å²) < 4.78 is 0. The highest BCUT2D eigenvalue weighted by Gasteiger charge is 2.45. The van der Waals surface area contributed by atoms with E-state index >= 15 is 0 Å². The van der Waals surface area contributed by atoms with Crippen LogP contribution in [0.2, 0.25) is 0 Å². The Morgan fingerprint density at radius 1 is 1.62 bits per heavy atom. The number of carbonyl (C=O) groups is 1. The van der Waals surface area contributed by atoms with Gasteiger partial charge in [0.15, 0.2) is 0 Å². The zero-order valence-corrected chi connectivity index (χ0v) is 10.5. The Morgan fingerprint density at radius 3 is 2.69 bits per heavy atom. The van der Waals surface area contributed by atoms with Crippen molar-refractivity contribution in [3.8, 4) is 12.3 Å². The summed E-state index contributed by atoms with van der Waals surface area (Å²) in [5.41, 5.74) is -0.243. The molecular formula is C13H22N2O. The summed E-state index contributed by atoms with van der Waals surface area (Å²) in [5.74, 6) is 3.13. The molecule has 0 bridgehead atoms. The summed E-state index contributed by atoms with van der Waals surface area (Å²) in [4.78, 5) is 14.3. The van der Waals surface area contributed by atoms with Gasteiger partial charge in [0.05, 0.1) is 12.0 Å². The Labute approximate surface area is 98.6 Å². The van der Waals surface area contributed by atoms with Gasteiger partial charge >= 0.3 is 0 Å². The van der Waals surface area contributed by atoms with Gasteiger partial charge in [-0.1, -0.05) is 19.8 Å². The maximum Gasteiger partial charge on any atom is 0.231 e. The Bertz CT molecular complexity index is 285. The molecule has 90 valence electrons. The van der Waals surface area contributed by atoms with Crippen molar-refractivity contribution in [2.45, 2.75) is 27.2 Å². The molecule has 1 aliphatic rings. The van der Waals surface area contributed by atoms with Crippen molar-refractivity contribution < 1.29 is 4.79 Å². The van der Waals surface area contributed by atoms with Crippen LogP contribution < -0.4 is 5.32 Å².